The van der Waals surface area contributed by atoms with Crippen molar-refractivity contribution >= 4 is 10.9 Å². The number of hydrogen-bond acceptors (Lipinski definition) is 2. The van der Waals surface area contributed by atoms with E-state index in [1.807, 2.05) is 18.2 Å². The van der Waals surface area contributed by atoms with Gasteiger partial charge in [0.2, 0.25) is 5.56 Å². The van der Waals surface area contributed by atoms with E-state index in [1.54, 1.807) is 6.07 Å². The summed E-state index contributed by atoms with van der Waals surface area (Å²) in [6.07, 6.45) is 2.30. The molecule has 2 heterocycles. The van der Waals surface area contributed by atoms with E-state index in [0.717, 1.165) is 29.4 Å². The zero-order valence-corrected chi connectivity index (χ0v) is 8.99. The maximum atomic E-state index is 11.6. The lowest BCUT2D eigenvalue weighted by Gasteiger charge is -2.13. The summed E-state index contributed by atoms with van der Waals surface area (Å²) in [6.45, 7) is 1.05. The zero-order chi connectivity index (χ0) is 11.0. The number of rotatable bonds is 1. The predicted octanol–water partition coefficient (Wildman–Crippen LogP) is 1.95. The summed E-state index contributed by atoms with van der Waals surface area (Å²) < 4.78 is 0. The maximum Gasteiger partial charge on any atom is 0.248 e. The largest absolute Gasteiger partial charge is 0.322 e. The minimum atomic E-state index is -0.0117. The van der Waals surface area contributed by atoms with Gasteiger partial charge in [-0.05, 0) is 31.0 Å². The van der Waals surface area contributed by atoms with Crippen LogP contribution in [0.2, 0.25) is 0 Å². The van der Waals surface area contributed by atoms with Crippen LogP contribution in [0.25, 0.3) is 10.9 Å². The topological polar surface area (TPSA) is 44.9 Å². The number of pyridine rings is 1. The van der Waals surface area contributed by atoms with E-state index < -0.39 is 0 Å². The second kappa shape index (κ2) is 3.76. The van der Waals surface area contributed by atoms with Gasteiger partial charge in [0.15, 0.2) is 0 Å². The number of para-hydroxylation sites is 1. The van der Waals surface area contributed by atoms with Gasteiger partial charge in [0.25, 0.3) is 0 Å². The van der Waals surface area contributed by atoms with Crippen molar-refractivity contribution < 1.29 is 0 Å². The van der Waals surface area contributed by atoms with Crippen LogP contribution in [0.1, 0.15) is 24.4 Å². The summed E-state index contributed by atoms with van der Waals surface area (Å²) in [5, 5.41) is 4.59. The van der Waals surface area contributed by atoms with E-state index >= 15 is 0 Å². The number of hydrogen-bond donors (Lipinski definition) is 2. The molecular formula is C13H14N2O. The molecule has 1 aromatic heterocycles. The van der Waals surface area contributed by atoms with Crippen LogP contribution >= 0.6 is 0 Å². The molecule has 1 fully saturated rings. The fourth-order valence-corrected chi connectivity index (χ4v) is 2.47. The number of aromatic nitrogens is 1. The van der Waals surface area contributed by atoms with Crippen molar-refractivity contribution in [1.82, 2.24) is 10.3 Å². The summed E-state index contributed by atoms with van der Waals surface area (Å²) in [5.74, 6) is 0. The van der Waals surface area contributed by atoms with Crippen molar-refractivity contribution in [1.29, 1.82) is 0 Å². The van der Waals surface area contributed by atoms with Gasteiger partial charge in [-0.25, -0.2) is 0 Å². The Morgan fingerprint density at radius 3 is 2.94 bits per heavy atom. The van der Waals surface area contributed by atoms with Crippen molar-refractivity contribution in [2.75, 3.05) is 6.54 Å². The summed E-state index contributed by atoms with van der Waals surface area (Å²) >= 11 is 0. The van der Waals surface area contributed by atoms with Gasteiger partial charge in [-0.2, -0.15) is 0 Å². The van der Waals surface area contributed by atoms with Gasteiger partial charge in [-0.15, -0.1) is 0 Å². The molecule has 16 heavy (non-hydrogen) atoms. The highest BCUT2D eigenvalue weighted by Gasteiger charge is 2.18. The Morgan fingerprint density at radius 2 is 2.12 bits per heavy atom. The molecule has 0 radical (unpaired) electrons. The van der Waals surface area contributed by atoms with Crippen LogP contribution in [-0.4, -0.2) is 11.5 Å². The van der Waals surface area contributed by atoms with E-state index in [2.05, 4.69) is 16.4 Å². The number of benzene rings is 1. The molecule has 1 aliphatic rings. The van der Waals surface area contributed by atoms with Crippen LogP contribution in [0.3, 0.4) is 0 Å². The van der Waals surface area contributed by atoms with Gasteiger partial charge in [0, 0.05) is 23.0 Å². The van der Waals surface area contributed by atoms with Gasteiger partial charge in [-0.1, -0.05) is 18.2 Å². The average molecular weight is 214 g/mol. The molecule has 2 aromatic rings. The molecule has 82 valence electrons. The number of aromatic amines is 1. The van der Waals surface area contributed by atoms with Crippen LogP contribution < -0.4 is 10.9 Å². The normalized spacial score (nSPS) is 20.4. The minimum absolute atomic E-state index is 0.0117. The Labute approximate surface area is 93.5 Å². The predicted molar refractivity (Wildman–Crippen MR) is 64.5 cm³/mol. The highest BCUT2D eigenvalue weighted by Crippen LogP contribution is 2.27. The Kier molecular flexibility index (Phi) is 2.26. The Bertz CT molecular complexity index is 567. The third-order valence-electron chi connectivity index (χ3n) is 3.22. The standard InChI is InChI=1S/C13H14N2O/c16-13-8-10(11-6-3-7-14-11)9-4-1-2-5-12(9)15-13/h1-2,4-5,8,11,14H,3,6-7H2,(H,15,16)/t11-/m1/s1. The molecule has 1 aromatic carbocycles. The summed E-state index contributed by atoms with van der Waals surface area (Å²) in [5.41, 5.74) is 2.05. The molecule has 2 N–H and O–H groups in total. The van der Waals surface area contributed by atoms with Crippen molar-refractivity contribution in [3.8, 4) is 0 Å². The van der Waals surface area contributed by atoms with E-state index in [0.29, 0.717) is 6.04 Å². The minimum Gasteiger partial charge on any atom is -0.322 e. The van der Waals surface area contributed by atoms with Gasteiger partial charge in [-0.3, -0.25) is 4.79 Å². The quantitative estimate of drug-likeness (QED) is 0.762. The smallest absolute Gasteiger partial charge is 0.248 e. The molecular weight excluding hydrogens is 200 g/mol. The van der Waals surface area contributed by atoms with Gasteiger partial charge in [0.05, 0.1) is 0 Å². The molecule has 3 rings (SSSR count). The molecule has 1 atom stereocenters. The third-order valence-corrected chi connectivity index (χ3v) is 3.22. The Morgan fingerprint density at radius 1 is 1.25 bits per heavy atom. The monoisotopic (exact) mass is 214 g/mol. The van der Waals surface area contributed by atoms with E-state index in [4.69, 9.17) is 0 Å². The maximum absolute atomic E-state index is 11.6. The van der Waals surface area contributed by atoms with Crippen molar-refractivity contribution in [2.45, 2.75) is 18.9 Å². The second-order valence-electron chi connectivity index (χ2n) is 4.28. The van der Waals surface area contributed by atoms with Crippen LogP contribution in [0.5, 0.6) is 0 Å². The first-order chi connectivity index (χ1) is 7.84. The van der Waals surface area contributed by atoms with E-state index in [-0.39, 0.29) is 5.56 Å². The molecule has 3 nitrogen and oxygen atoms in total. The molecule has 0 unspecified atom stereocenters. The molecule has 0 bridgehead atoms. The first kappa shape index (κ1) is 9.60. The second-order valence-corrected chi connectivity index (χ2v) is 4.28. The fraction of sp³-hybridized carbons (Fsp3) is 0.308. The summed E-state index contributed by atoms with van der Waals surface area (Å²) in [4.78, 5) is 14.4. The highest BCUT2D eigenvalue weighted by molar-refractivity contribution is 5.82. The molecule has 0 aliphatic carbocycles. The van der Waals surface area contributed by atoms with Crippen LogP contribution in [0.15, 0.2) is 35.1 Å². The molecule has 1 aliphatic heterocycles. The van der Waals surface area contributed by atoms with Crippen molar-refractivity contribution in [2.24, 2.45) is 0 Å². The molecule has 0 amide bonds. The summed E-state index contributed by atoms with van der Waals surface area (Å²) in [7, 11) is 0. The molecule has 1 saturated heterocycles. The molecule has 0 spiro atoms. The zero-order valence-electron chi connectivity index (χ0n) is 8.99. The first-order valence-corrected chi connectivity index (χ1v) is 5.70. The summed E-state index contributed by atoms with van der Waals surface area (Å²) in [6, 6.07) is 10.1. The van der Waals surface area contributed by atoms with Crippen LogP contribution in [0.4, 0.5) is 0 Å². The highest BCUT2D eigenvalue weighted by atomic mass is 16.1. The van der Waals surface area contributed by atoms with Crippen molar-refractivity contribution in [3.63, 3.8) is 0 Å². The lowest BCUT2D eigenvalue weighted by molar-refractivity contribution is 0.651. The van der Waals surface area contributed by atoms with Gasteiger partial charge in [0.1, 0.15) is 0 Å². The SMILES string of the molecule is O=c1cc([C@H]2CCCN2)c2ccccc2[nH]1. The first-order valence-electron chi connectivity index (χ1n) is 5.70. The van der Waals surface area contributed by atoms with Crippen LogP contribution in [-0.2, 0) is 0 Å². The number of fused-ring (bicyclic) bond motifs is 1. The molecule has 3 heteroatoms. The number of H-pyrrole nitrogens is 1. The third kappa shape index (κ3) is 1.53. The lowest BCUT2D eigenvalue weighted by Crippen LogP contribution is -2.16. The van der Waals surface area contributed by atoms with Crippen LogP contribution in [0, 0.1) is 0 Å². The average Bonchev–Trinajstić information content (AvgIpc) is 2.81. The van der Waals surface area contributed by atoms with Gasteiger partial charge >= 0.3 is 0 Å². The Hall–Kier alpha value is -1.61. The lowest BCUT2D eigenvalue weighted by atomic mass is 10.0. The van der Waals surface area contributed by atoms with Gasteiger partial charge < -0.3 is 10.3 Å². The fourth-order valence-electron chi connectivity index (χ4n) is 2.47. The van der Waals surface area contributed by atoms with E-state index in [9.17, 15) is 4.79 Å². The number of nitrogens with one attached hydrogen (secondary N) is 2. The Balaban J connectivity index is 2.25. The molecule has 0 saturated carbocycles. The van der Waals surface area contributed by atoms with Crippen molar-refractivity contribution in [3.05, 3.63) is 46.2 Å². The van der Waals surface area contributed by atoms with E-state index in [1.165, 1.54) is 6.42 Å².